The van der Waals surface area contributed by atoms with Crippen molar-refractivity contribution in [3.8, 4) is 0 Å². The Morgan fingerprint density at radius 3 is 2.80 bits per heavy atom. The SMILES string of the molecule is CCNC(=NCC1CCCN(C)C1c1cccs1)N1CCCC(C(=O)OCC)C1.I. The van der Waals surface area contributed by atoms with E-state index in [9.17, 15) is 4.79 Å². The van der Waals surface area contributed by atoms with E-state index < -0.39 is 0 Å². The lowest BCUT2D eigenvalue weighted by Gasteiger charge is -2.39. The minimum atomic E-state index is -0.0697. The number of hydrogen-bond donors (Lipinski definition) is 1. The second kappa shape index (κ2) is 12.9. The van der Waals surface area contributed by atoms with Gasteiger partial charge in [-0.25, -0.2) is 0 Å². The average Bonchev–Trinajstić information content (AvgIpc) is 3.25. The number of thiophene rings is 1. The van der Waals surface area contributed by atoms with E-state index in [1.807, 2.05) is 18.3 Å². The molecule has 0 saturated carbocycles. The van der Waals surface area contributed by atoms with Crippen molar-refractivity contribution < 1.29 is 9.53 Å². The lowest BCUT2D eigenvalue weighted by atomic mass is 9.88. The van der Waals surface area contributed by atoms with Gasteiger partial charge >= 0.3 is 5.97 Å². The molecule has 8 heteroatoms. The number of nitrogens with zero attached hydrogens (tertiary/aromatic N) is 3. The fourth-order valence-corrected chi connectivity index (χ4v) is 5.59. The highest BCUT2D eigenvalue weighted by atomic mass is 127. The highest BCUT2D eigenvalue weighted by Crippen LogP contribution is 2.37. The number of aliphatic imine (C=N–C) groups is 1. The molecule has 0 bridgehead atoms. The van der Waals surface area contributed by atoms with Crippen molar-refractivity contribution in [2.75, 3.05) is 46.4 Å². The number of nitrogens with one attached hydrogen (secondary N) is 1. The standard InChI is InChI=1S/C22H36N4O2S.HI/c1-4-23-22(26-13-7-10-18(16-26)21(27)28-5-2)24-15-17-9-6-12-25(3)20(17)19-11-8-14-29-19;/h8,11,14,17-18,20H,4-7,9-10,12-13,15-16H2,1-3H3,(H,23,24);1H. The highest BCUT2D eigenvalue weighted by Gasteiger charge is 2.32. The van der Waals surface area contributed by atoms with Crippen LogP contribution in [0.25, 0.3) is 0 Å². The third-order valence-corrected chi connectivity index (χ3v) is 6.94. The van der Waals surface area contributed by atoms with Crippen LogP contribution in [0.5, 0.6) is 0 Å². The van der Waals surface area contributed by atoms with Gasteiger partial charge in [-0.05, 0) is 70.5 Å². The molecule has 3 unspecified atom stereocenters. The summed E-state index contributed by atoms with van der Waals surface area (Å²) in [5, 5.41) is 5.63. The third-order valence-electron chi connectivity index (χ3n) is 5.99. The average molecular weight is 549 g/mol. The molecule has 6 nitrogen and oxygen atoms in total. The molecular formula is C22H37IN4O2S. The molecule has 0 amide bonds. The lowest BCUT2D eigenvalue weighted by Crippen LogP contribution is -2.48. The van der Waals surface area contributed by atoms with Crippen LogP contribution < -0.4 is 5.32 Å². The zero-order valence-corrected chi connectivity index (χ0v) is 21.7. The van der Waals surface area contributed by atoms with Crippen molar-refractivity contribution in [1.29, 1.82) is 0 Å². The van der Waals surface area contributed by atoms with Gasteiger partial charge in [-0.15, -0.1) is 35.3 Å². The van der Waals surface area contributed by atoms with Crippen LogP contribution in [-0.2, 0) is 9.53 Å². The van der Waals surface area contributed by atoms with Crippen LogP contribution in [0.1, 0.15) is 50.4 Å². The summed E-state index contributed by atoms with van der Waals surface area (Å²) in [5.74, 6) is 1.35. The van der Waals surface area contributed by atoms with Gasteiger partial charge in [0.2, 0.25) is 0 Å². The van der Waals surface area contributed by atoms with E-state index in [1.54, 1.807) is 0 Å². The van der Waals surface area contributed by atoms with Crippen LogP contribution in [-0.4, -0.2) is 68.1 Å². The predicted molar refractivity (Wildman–Crippen MR) is 135 cm³/mol. The van der Waals surface area contributed by atoms with Gasteiger partial charge in [0.1, 0.15) is 0 Å². The van der Waals surface area contributed by atoms with E-state index in [1.165, 1.54) is 17.7 Å². The molecule has 1 N–H and O–H groups in total. The number of piperidine rings is 2. The van der Waals surface area contributed by atoms with Gasteiger partial charge < -0.3 is 15.0 Å². The molecule has 1 aromatic rings. The van der Waals surface area contributed by atoms with Crippen LogP contribution in [0, 0.1) is 11.8 Å². The Bertz CT molecular complexity index is 670. The maximum absolute atomic E-state index is 12.2. The van der Waals surface area contributed by atoms with Crippen LogP contribution in [0.2, 0.25) is 0 Å². The van der Waals surface area contributed by atoms with Crippen LogP contribution in [0.15, 0.2) is 22.5 Å². The van der Waals surface area contributed by atoms with Gasteiger partial charge in [-0.3, -0.25) is 14.7 Å². The summed E-state index contributed by atoms with van der Waals surface area (Å²) in [5.41, 5.74) is 0. The maximum atomic E-state index is 12.2. The lowest BCUT2D eigenvalue weighted by molar-refractivity contribution is -0.149. The summed E-state index contributed by atoms with van der Waals surface area (Å²) < 4.78 is 5.26. The van der Waals surface area contributed by atoms with Gasteiger partial charge in [0.05, 0.1) is 12.5 Å². The molecule has 0 aliphatic carbocycles. The molecule has 2 fully saturated rings. The normalized spacial score (nSPS) is 25.5. The number of esters is 1. The van der Waals surface area contributed by atoms with Gasteiger partial charge in [-0.2, -0.15) is 0 Å². The van der Waals surface area contributed by atoms with Crippen molar-refractivity contribution >= 4 is 47.2 Å². The first-order valence-corrected chi connectivity index (χ1v) is 12.0. The molecule has 3 heterocycles. The van der Waals surface area contributed by atoms with Gasteiger partial charge in [-0.1, -0.05) is 6.07 Å². The number of carbonyl (C=O) groups is 1. The van der Waals surface area contributed by atoms with Crippen molar-refractivity contribution in [2.45, 2.75) is 45.6 Å². The first-order chi connectivity index (χ1) is 14.1. The first kappa shape index (κ1) is 25.4. The number of guanidine groups is 1. The number of carbonyl (C=O) groups excluding carboxylic acids is 1. The first-order valence-electron chi connectivity index (χ1n) is 11.1. The number of hydrogen-bond acceptors (Lipinski definition) is 5. The Morgan fingerprint density at radius 1 is 1.30 bits per heavy atom. The predicted octanol–water partition coefficient (Wildman–Crippen LogP) is 3.99. The van der Waals surface area contributed by atoms with Crippen molar-refractivity contribution in [3.63, 3.8) is 0 Å². The fraction of sp³-hybridized carbons (Fsp3) is 0.727. The summed E-state index contributed by atoms with van der Waals surface area (Å²) in [7, 11) is 2.24. The molecule has 2 saturated heterocycles. The smallest absolute Gasteiger partial charge is 0.310 e. The van der Waals surface area contributed by atoms with Crippen molar-refractivity contribution in [2.24, 2.45) is 16.8 Å². The molecular weight excluding hydrogens is 511 g/mol. The van der Waals surface area contributed by atoms with Crippen LogP contribution >= 0.6 is 35.3 Å². The highest BCUT2D eigenvalue weighted by molar-refractivity contribution is 14.0. The van der Waals surface area contributed by atoms with Crippen molar-refractivity contribution in [3.05, 3.63) is 22.4 Å². The summed E-state index contributed by atoms with van der Waals surface area (Å²) in [4.78, 5) is 23.5. The Kier molecular flexibility index (Phi) is 10.9. The van der Waals surface area contributed by atoms with Gasteiger partial charge in [0, 0.05) is 37.1 Å². The summed E-state index contributed by atoms with van der Waals surface area (Å²) >= 11 is 1.85. The van der Waals surface area contributed by atoms with Gasteiger partial charge in [0.25, 0.3) is 0 Å². The van der Waals surface area contributed by atoms with Crippen LogP contribution in [0.4, 0.5) is 0 Å². The van der Waals surface area contributed by atoms with E-state index in [-0.39, 0.29) is 35.9 Å². The maximum Gasteiger partial charge on any atom is 0.310 e. The minimum Gasteiger partial charge on any atom is -0.466 e. The Morgan fingerprint density at radius 2 is 2.10 bits per heavy atom. The molecule has 2 aliphatic heterocycles. The topological polar surface area (TPSA) is 57.2 Å². The van der Waals surface area contributed by atoms with E-state index in [0.29, 0.717) is 25.1 Å². The molecule has 1 aromatic heterocycles. The Hall–Kier alpha value is -0.870. The monoisotopic (exact) mass is 548 g/mol. The Balaban J connectivity index is 0.00000320. The summed E-state index contributed by atoms with van der Waals surface area (Å²) in [6.07, 6.45) is 4.34. The number of rotatable bonds is 6. The summed E-state index contributed by atoms with van der Waals surface area (Å²) in [6.45, 7) is 8.86. The molecule has 3 rings (SSSR count). The zero-order chi connectivity index (χ0) is 20.6. The molecule has 0 aromatic carbocycles. The van der Waals surface area contributed by atoms with Gasteiger partial charge in [0.15, 0.2) is 5.96 Å². The van der Waals surface area contributed by atoms with Crippen LogP contribution in [0.3, 0.4) is 0 Å². The number of halogens is 1. The molecule has 0 spiro atoms. The molecule has 3 atom stereocenters. The number of likely N-dealkylation sites (tertiary alicyclic amines) is 2. The zero-order valence-electron chi connectivity index (χ0n) is 18.5. The van der Waals surface area contributed by atoms with E-state index >= 15 is 0 Å². The Labute approximate surface area is 202 Å². The van der Waals surface area contributed by atoms with E-state index in [2.05, 4.69) is 46.6 Å². The van der Waals surface area contributed by atoms with Crippen molar-refractivity contribution in [1.82, 2.24) is 15.1 Å². The third kappa shape index (κ3) is 6.56. The largest absolute Gasteiger partial charge is 0.466 e. The second-order valence-electron chi connectivity index (χ2n) is 8.08. The second-order valence-corrected chi connectivity index (χ2v) is 9.05. The number of ether oxygens (including phenoxy) is 1. The molecule has 170 valence electrons. The molecule has 30 heavy (non-hydrogen) atoms. The molecule has 2 aliphatic rings. The van der Waals surface area contributed by atoms with E-state index in [0.717, 1.165) is 45.0 Å². The molecule has 0 radical (unpaired) electrons. The minimum absolute atomic E-state index is 0. The summed E-state index contributed by atoms with van der Waals surface area (Å²) in [6, 6.07) is 4.85. The van der Waals surface area contributed by atoms with E-state index in [4.69, 9.17) is 9.73 Å². The fourth-order valence-electron chi connectivity index (χ4n) is 4.61. The quantitative estimate of drug-likeness (QED) is 0.252.